The minimum absolute atomic E-state index is 0.167. The third kappa shape index (κ3) is 1.84. The van der Waals surface area contributed by atoms with Crippen LogP contribution < -0.4 is 9.47 Å². The summed E-state index contributed by atoms with van der Waals surface area (Å²) in [4.78, 5) is 14.6. The van der Waals surface area contributed by atoms with E-state index in [4.69, 9.17) is 14.2 Å². The van der Waals surface area contributed by atoms with Gasteiger partial charge in [0, 0.05) is 6.54 Å². The van der Waals surface area contributed by atoms with Gasteiger partial charge < -0.3 is 14.2 Å². The molecule has 5 nitrogen and oxygen atoms in total. The van der Waals surface area contributed by atoms with E-state index in [1.165, 1.54) is 12.0 Å². The van der Waals surface area contributed by atoms with E-state index in [-0.39, 0.29) is 6.09 Å². The summed E-state index contributed by atoms with van der Waals surface area (Å²) in [7, 11) is 3.31. The maximum atomic E-state index is 12.6. The van der Waals surface area contributed by atoms with E-state index in [0.29, 0.717) is 12.3 Å². The highest BCUT2D eigenvalue weighted by molar-refractivity contribution is 5.75. The van der Waals surface area contributed by atoms with Crippen LogP contribution in [0, 0.1) is 0 Å². The predicted molar refractivity (Wildman–Crippen MR) is 89.6 cm³/mol. The predicted octanol–water partition coefficient (Wildman–Crippen LogP) is 3.63. The first-order chi connectivity index (χ1) is 11.6. The van der Waals surface area contributed by atoms with Crippen LogP contribution in [0.5, 0.6) is 11.5 Å². The van der Waals surface area contributed by atoms with Gasteiger partial charge in [0.1, 0.15) is 11.1 Å². The Morgan fingerprint density at radius 2 is 1.75 bits per heavy atom. The van der Waals surface area contributed by atoms with Gasteiger partial charge in [0.2, 0.25) is 0 Å². The van der Waals surface area contributed by atoms with Crippen LogP contribution in [0.3, 0.4) is 0 Å². The van der Waals surface area contributed by atoms with E-state index in [2.05, 4.69) is 19.1 Å². The van der Waals surface area contributed by atoms with E-state index in [0.717, 1.165) is 43.4 Å². The zero-order valence-corrected chi connectivity index (χ0v) is 14.7. The fourth-order valence-electron chi connectivity index (χ4n) is 4.98. The van der Waals surface area contributed by atoms with Crippen LogP contribution >= 0.6 is 0 Å². The van der Waals surface area contributed by atoms with Crippen LogP contribution in [-0.4, -0.2) is 37.4 Å². The number of methoxy groups -OCH3 is 2. The molecule has 1 spiro atoms. The molecule has 2 fully saturated rings. The summed E-state index contributed by atoms with van der Waals surface area (Å²) in [5.41, 5.74) is 1.53. The van der Waals surface area contributed by atoms with Crippen molar-refractivity contribution in [3.8, 4) is 11.5 Å². The number of fused-ring (bicyclic) bond motifs is 4. The van der Waals surface area contributed by atoms with Crippen molar-refractivity contribution in [1.82, 2.24) is 4.90 Å². The van der Waals surface area contributed by atoms with Crippen molar-refractivity contribution in [2.45, 2.75) is 56.6 Å². The van der Waals surface area contributed by atoms with E-state index in [1.807, 2.05) is 4.90 Å². The Morgan fingerprint density at radius 3 is 2.42 bits per heavy atom. The van der Waals surface area contributed by atoms with Gasteiger partial charge >= 0.3 is 6.09 Å². The Kier molecular flexibility index (Phi) is 3.44. The van der Waals surface area contributed by atoms with Crippen LogP contribution in [0.1, 0.15) is 50.2 Å². The second-order valence-corrected chi connectivity index (χ2v) is 7.26. The normalized spacial score (nSPS) is 27.5. The highest BCUT2D eigenvalue weighted by Crippen LogP contribution is 2.56. The van der Waals surface area contributed by atoms with E-state index >= 15 is 0 Å². The number of ether oxygens (including phenoxy) is 3. The third-order valence-electron chi connectivity index (χ3n) is 6.33. The first-order valence-electron chi connectivity index (χ1n) is 8.82. The van der Waals surface area contributed by atoms with Crippen LogP contribution in [-0.2, 0) is 16.7 Å². The molecule has 0 aromatic heterocycles. The summed E-state index contributed by atoms with van der Waals surface area (Å²) < 4.78 is 17.0. The molecule has 1 aliphatic carbocycles. The fraction of sp³-hybridized carbons (Fsp3) is 0.632. The molecule has 0 radical (unpaired) electrons. The molecule has 2 aliphatic heterocycles. The SMILES string of the molecule is COc1cc2c(cc1OC)[C@@]1(C)N(CC2)C(=O)OC12CCCCC2. The second-order valence-electron chi connectivity index (χ2n) is 7.26. The van der Waals surface area contributed by atoms with Gasteiger partial charge in [0.25, 0.3) is 0 Å². The molecular formula is C19H25NO4. The Hall–Kier alpha value is -1.91. The molecule has 1 aromatic rings. The number of nitrogens with zero attached hydrogens (tertiary/aromatic N) is 1. The molecule has 130 valence electrons. The molecule has 1 atom stereocenters. The molecule has 4 rings (SSSR count). The smallest absolute Gasteiger partial charge is 0.411 e. The van der Waals surface area contributed by atoms with Crippen molar-refractivity contribution in [2.75, 3.05) is 20.8 Å². The summed E-state index contributed by atoms with van der Waals surface area (Å²) >= 11 is 0. The number of carbonyl (C=O) groups excluding carboxylic acids is 1. The van der Waals surface area contributed by atoms with Gasteiger partial charge in [-0.15, -0.1) is 0 Å². The van der Waals surface area contributed by atoms with Gasteiger partial charge in [-0.05, 0) is 62.3 Å². The fourth-order valence-corrected chi connectivity index (χ4v) is 4.98. The van der Waals surface area contributed by atoms with Gasteiger partial charge in [-0.2, -0.15) is 0 Å². The van der Waals surface area contributed by atoms with Gasteiger partial charge in [-0.25, -0.2) is 4.79 Å². The molecule has 0 N–H and O–H groups in total. The zero-order valence-electron chi connectivity index (χ0n) is 14.7. The summed E-state index contributed by atoms with van der Waals surface area (Å²) in [5.74, 6) is 1.46. The second kappa shape index (κ2) is 5.30. The molecule has 5 heteroatoms. The molecular weight excluding hydrogens is 306 g/mol. The zero-order chi connectivity index (χ0) is 16.9. The van der Waals surface area contributed by atoms with Crippen molar-refractivity contribution in [3.63, 3.8) is 0 Å². The molecule has 24 heavy (non-hydrogen) atoms. The number of rotatable bonds is 2. The summed E-state index contributed by atoms with van der Waals surface area (Å²) in [5, 5.41) is 0. The van der Waals surface area contributed by atoms with Gasteiger partial charge in [-0.1, -0.05) is 6.42 Å². The summed E-state index contributed by atoms with van der Waals surface area (Å²) in [6.45, 7) is 2.87. The number of hydrogen-bond acceptors (Lipinski definition) is 4. The maximum Gasteiger partial charge on any atom is 0.411 e. The van der Waals surface area contributed by atoms with E-state index < -0.39 is 11.1 Å². The molecule has 3 aliphatic rings. The monoisotopic (exact) mass is 331 g/mol. The average Bonchev–Trinajstić information content (AvgIpc) is 2.81. The van der Waals surface area contributed by atoms with E-state index in [1.54, 1.807) is 14.2 Å². The quantitative estimate of drug-likeness (QED) is 0.830. The number of benzene rings is 1. The van der Waals surface area contributed by atoms with Crippen LogP contribution in [0.4, 0.5) is 4.79 Å². The number of carbonyl (C=O) groups is 1. The van der Waals surface area contributed by atoms with Crippen molar-refractivity contribution >= 4 is 6.09 Å². The number of hydrogen-bond donors (Lipinski definition) is 0. The Morgan fingerprint density at radius 1 is 1.08 bits per heavy atom. The maximum absolute atomic E-state index is 12.6. The minimum atomic E-state index is -0.433. The standard InChI is InChI=1S/C19H25NO4/c1-18-14-12-16(23-3)15(22-2)11-13(14)7-10-20(18)17(21)24-19(18)8-5-4-6-9-19/h11-12H,4-10H2,1-3H3/t18-/m1/s1. The molecule has 1 saturated heterocycles. The Bertz CT molecular complexity index is 680. The Balaban J connectivity index is 1.91. The van der Waals surface area contributed by atoms with Crippen LogP contribution in [0.2, 0.25) is 0 Å². The lowest BCUT2D eigenvalue weighted by Gasteiger charge is -2.49. The molecule has 0 bridgehead atoms. The molecule has 2 heterocycles. The first-order valence-corrected chi connectivity index (χ1v) is 8.82. The highest BCUT2D eigenvalue weighted by Gasteiger charge is 2.64. The van der Waals surface area contributed by atoms with Crippen LogP contribution in [0.25, 0.3) is 0 Å². The lowest BCUT2D eigenvalue weighted by Crippen LogP contribution is -2.57. The average molecular weight is 331 g/mol. The van der Waals surface area contributed by atoms with Crippen molar-refractivity contribution in [1.29, 1.82) is 0 Å². The minimum Gasteiger partial charge on any atom is -0.493 e. The number of amides is 1. The van der Waals surface area contributed by atoms with Crippen molar-refractivity contribution < 1.29 is 19.0 Å². The lowest BCUT2D eigenvalue weighted by atomic mass is 9.65. The van der Waals surface area contributed by atoms with Crippen LogP contribution in [0.15, 0.2) is 12.1 Å². The molecule has 1 aromatic carbocycles. The van der Waals surface area contributed by atoms with Crippen molar-refractivity contribution in [3.05, 3.63) is 23.3 Å². The highest BCUT2D eigenvalue weighted by atomic mass is 16.6. The Labute approximate surface area is 142 Å². The largest absolute Gasteiger partial charge is 0.493 e. The summed E-state index contributed by atoms with van der Waals surface area (Å²) in [6, 6.07) is 4.12. The molecule has 1 amide bonds. The van der Waals surface area contributed by atoms with Gasteiger partial charge in [0.05, 0.1) is 14.2 Å². The molecule has 1 saturated carbocycles. The topological polar surface area (TPSA) is 48.0 Å². The van der Waals surface area contributed by atoms with Crippen molar-refractivity contribution in [2.24, 2.45) is 0 Å². The third-order valence-corrected chi connectivity index (χ3v) is 6.33. The van der Waals surface area contributed by atoms with Gasteiger partial charge in [-0.3, -0.25) is 4.90 Å². The van der Waals surface area contributed by atoms with E-state index in [9.17, 15) is 4.79 Å². The molecule has 0 unspecified atom stereocenters. The van der Waals surface area contributed by atoms with Gasteiger partial charge in [0.15, 0.2) is 11.5 Å². The summed E-state index contributed by atoms with van der Waals surface area (Å²) in [6.07, 6.45) is 5.95. The first kappa shape index (κ1) is 15.6. The lowest BCUT2D eigenvalue weighted by molar-refractivity contribution is -0.0437.